The molecule has 100 valence electrons. The van der Waals surface area contributed by atoms with Crippen molar-refractivity contribution in [3.8, 4) is 5.88 Å². The molecule has 6 heteroatoms. The van der Waals surface area contributed by atoms with E-state index in [0.717, 1.165) is 12.1 Å². The standard InChI is InChI=1S/C13H16N4O2/c1-4-9-8-10(17(5-2)16-9)12(18)11-13(19-3)15-7-6-14-11/h6-8H,4-5H2,1-3H3. The van der Waals surface area contributed by atoms with Crippen molar-refractivity contribution < 1.29 is 9.53 Å². The zero-order valence-corrected chi connectivity index (χ0v) is 11.3. The minimum absolute atomic E-state index is 0.210. The summed E-state index contributed by atoms with van der Waals surface area (Å²) < 4.78 is 6.75. The lowest BCUT2D eigenvalue weighted by atomic mass is 10.2. The fourth-order valence-corrected chi connectivity index (χ4v) is 1.82. The van der Waals surface area contributed by atoms with Gasteiger partial charge in [0.2, 0.25) is 11.7 Å². The van der Waals surface area contributed by atoms with Crippen molar-refractivity contribution in [2.24, 2.45) is 0 Å². The van der Waals surface area contributed by atoms with Crippen LogP contribution in [0.3, 0.4) is 0 Å². The molecule has 2 heterocycles. The molecule has 6 nitrogen and oxygen atoms in total. The molecule has 0 aliphatic heterocycles. The smallest absolute Gasteiger partial charge is 0.243 e. The second-order valence-electron chi connectivity index (χ2n) is 3.93. The number of carbonyl (C=O) groups is 1. The molecule has 0 saturated carbocycles. The minimum atomic E-state index is -0.223. The second-order valence-corrected chi connectivity index (χ2v) is 3.93. The maximum Gasteiger partial charge on any atom is 0.243 e. The van der Waals surface area contributed by atoms with Gasteiger partial charge in [0.25, 0.3) is 0 Å². The minimum Gasteiger partial charge on any atom is -0.479 e. The molecule has 0 radical (unpaired) electrons. The van der Waals surface area contributed by atoms with Crippen molar-refractivity contribution in [2.75, 3.05) is 7.11 Å². The van der Waals surface area contributed by atoms with Crippen LogP contribution in [-0.4, -0.2) is 32.6 Å². The van der Waals surface area contributed by atoms with Gasteiger partial charge in [0.1, 0.15) is 5.69 Å². The van der Waals surface area contributed by atoms with Crippen molar-refractivity contribution in [2.45, 2.75) is 26.8 Å². The van der Waals surface area contributed by atoms with Crippen LogP contribution in [0.4, 0.5) is 0 Å². The molecule has 0 aliphatic carbocycles. The molecule has 0 atom stereocenters. The van der Waals surface area contributed by atoms with Crippen molar-refractivity contribution in [1.82, 2.24) is 19.7 Å². The highest BCUT2D eigenvalue weighted by atomic mass is 16.5. The molecule has 19 heavy (non-hydrogen) atoms. The molecule has 0 saturated heterocycles. The number of methoxy groups -OCH3 is 1. The van der Waals surface area contributed by atoms with Gasteiger partial charge in [-0.15, -0.1) is 0 Å². The Balaban J connectivity index is 2.46. The van der Waals surface area contributed by atoms with Crippen molar-refractivity contribution in [3.63, 3.8) is 0 Å². The van der Waals surface area contributed by atoms with Gasteiger partial charge in [0, 0.05) is 18.9 Å². The van der Waals surface area contributed by atoms with E-state index in [4.69, 9.17) is 4.74 Å². The maximum atomic E-state index is 12.5. The number of aryl methyl sites for hydroxylation is 2. The zero-order chi connectivity index (χ0) is 13.8. The van der Waals surface area contributed by atoms with Crippen LogP contribution >= 0.6 is 0 Å². The van der Waals surface area contributed by atoms with E-state index in [1.54, 1.807) is 10.7 Å². The molecule has 0 aromatic carbocycles. The van der Waals surface area contributed by atoms with Crippen LogP contribution in [0.5, 0.6) is 5.88 Å². The Kier molecular flexibility index (Phi) is 3.89. The summed E-state index contributed by atoms with van der Waals surface area (Å²) >= 11 is 0. The van der Waals surface area contributed by atoms with E-state index in [1.807, 2.05) is 13.8 Å². The van der Waals surface area contributed by atoms with Crippen LogP contribution in [0.15, 0.2) is 18.5 Å². The molecule has 0 bridgehead atoms. The van der Waals surface area contributed by atoms with E-state index in [9.17, 15) is 4.79 Å². The fraction of sp³-hybridized carbons (Fsp3) is 0.385. The molecular formula is C13H16N4O2. The molecule has 0 spiro atoms. The SMILES string of the molecule is CCc1cc(C(=O)c2nccnc2OC)n(CC)n1. The first-order valence-corrected chi connectivity index (χ1v) is 6.17. The van der Waals surface area contributed by atoms with E-state index >= 15 is 0 Å². The zero-order valence-electron chi connectivity index (χ0n) is 11.3. The number of rotatable bonds is 5. The highest BCUT2D eigenvalue weighted by Gasteiger charge is 2.21. The van der Waals surface area contributed by atoms with Crippen LogP contribution < -0.4 is 4.74 Å². The average Bonchev–Trinajstić information content (AvgIpc) is 2.89. The van der Waals surface area contributed by atoms with Gasteiger partial charge in [-0.2, -0.15) is 5.10 Å². The quantitative estimate of drug-likeness (QED) is 0.762. The largest absolute Gasteiger partial charge is 0.479 e. The highest BCUT2D eigenvalue weighted by molar-refractivity contribution is 6.08. The number of aromatic nitrogens is 4. The third kappa shape index (κ3) is 2.47. The number of hydrogen-bond acceptors (Lipinski definition) is 5. The Morgan fingerprint density at radius 2 is 2.05 bits per heavy atom. The van der Waals surface area contributed by atoms with Crippen LogP contribution in [0.25, 0.3) is 0 Å². The number of hydrogen-bond donors (Lipinski definition) is 0. The Hall–Kier alpha value is -2.24. The van der Waals surface area contributed by atoms with Gasteiger partial charge >= 0.3 is 0 Å². The second kappa shape index (κ2) is 5.60. The molecule has 2 aromatic heterocycles. The van der Waals surface area contributed by atoms with Crippen molar-refractivity contribution in [1.29, 1.82) is 0 Å². The molecular weight excluding hydrogens is 244 g/mol. The lowest BCUT2D eigenvalue weighted by Crippen LogP contribution is -2.13. The summed E-state index contributed by atoms with van der Waals surface area (Å²) in [6, 6.07) is 1.79. The van der Waals surface area contributed by atoms with Gasteiger partial charge in [0.15, 0.2) is 5.69 Å². The third-order valence-electron chi connectivity index (χ3n) is 2.80. The molecule has 0 aliphatic rings. The van der Waals surface area contributed by atoms with Crippen molar-refractivity contribution in [3.05, 3.63) is 35.5 Å². The van der Waals surface area contributed by atoms with Gasteiger partial charge in [-0.05, 0) is 19.4 Å². The molecule has 0 amide bonds. The van der Waals surface area contributed by atoms with E-state index in [0.29, 0.717) is 12.2 Å². The summed E-state index contributed by atoms with van der Waals surface area (Å²) in [5.74, 6) is 0.00778. The Labute approximate surface area is 111 Å². The number of nitrogens with zero attached hydrogens (tertiary/aromatic N) is 4. The Bertz CT molecular complexity index is 592. The number of ether oxygens (including phenoxy) is 1. The fourth-order valence-electron chi connectivity index (χ4n) is 1.82. The van der Waals surface area contributed by atoms with Crippen LogP contribution in [0.2, 0.25) is 0 Å². The highest BCUT2D eigenvalue weighted by Crippen LogP contribution is 2.17. The summed E-state index contributed by atoms with van der Waals surface area (Å²) in [4.78, 5) is 20.5. The summed E-state index contributed by atoms with van der Waals surface area (Å²) in [7, 11) is 1.47. The summed E-state index contributed by atoms with van der Waals surface area (Å²) in [6.07, 6.45) is 3.75. The van der Waals surface area contributed by atoms with Gasteiger partial charge in [-0.1, -0.05) is 6.92 Å². The van der Waals surface area contributed by atoms with E-state index in [1.165, 1.54) is 19.5 Å². The predicted molar refractivity (Wildman–Crippen MR) is 69.3 cm³/mol. The Morgan fingerprint density at radius 3 is 2.68 bits per heavy atom. The number of ketones is 1. The average molecular weight is 260 g/mol. The van der Waals surface area contributed by atoms with Crippen LogP contribution in [0, 0.1) is 0 Å². The van der Waals surface area contributed by atoms with Crippen LogP contribution in [-0.2, 0) is 13.0 Å². The van der Waals surface area contributed by atoms with E-state index in [-0.39, 0.29) is 17.4 Å². The van der Waals surface area contributed by atoms with Gasteiger partial charge in [-0.25, -0.2) is 9.97 Å². The lowest BCUT2D eigenvalue weighted by molar-refractivity contribution is 0.102. The molecule has 0 fully saturated rings. The molecule has 0 unspecified atom stereocenters. The molecule has 2 rings (SSSR count). The molecule has 2 aromatic rings. The monoisotopic (exact) mass is 260 g/mol. The predicted octanol–water partition coefficient (Wildman–Crippen LogP) is 1.49. The van der Waals surface area contributed by atoms with Gasteiger partial charge in [0.05, 0.1) is 12.8 Å². The third-order valence-corrected chi connectivity index (χ3v) is 2.80. The van der Waals surface area contributed by atoms with Gasteiger partial charge in [-0.3, -0.25) is 9.48 Å². The summed E-state index contributed by atoms with van der Waals surface area (Å²) in [5.41, 5.74) is 1.61. The summed E-state index contributed by atoms with van der Waals surface area (Å²) in [5, 5.41) is 4.36. The normalized spacial score (nSPS) is 10.5. The maximum absolute atomic E-state index is 12.5. The first-order chi connectivity index (χ1) is 9.21. The topological polar surface area (TPSA) is 69.9 Å². The lowest BCUT2D eigenvalue weighted by Gasteiger charge is -2.06. The van der Waals surface area contributed by atoms with Crippen molar-refractivity contribution >= 4 is 5.78 Å². The van der Waals surface area contributed by atoms with Gasteiger partial charge < -0.3 is 4.74 Å². The van der Waals surface area contributed by atoms with Crippen LogP contribution in [0.1, 0.15) is 35.7 Å². The molecule has 0 N–H and O–H groups in total. The van der Waals surface area contributed by atoms with E-state index in [2.05, 4.69) is 15.1 Å². The van der Waals surface area contributed by atoms with E-state index < -0.39 is 0 Å². The first kappa shape index (κ1) is 13.2. The Morgan fingerprint density at radius 1 is 1.32 bits per heavy atom. The first-order valence-electron chi connectivity index (χ1n) is 6.17. The number of carbonyl (C=O) groups excluding carboxylic acids is 1. The summed E-state index contributed by atoms with van der Waals surface area (Å²) in [6.45, 7) is 4.57.